The van der Waals surface area contributed by atoms with E-state index in [9.17, 15) is 4.79 Å². The second-order valence-corrected chi connectivity index (χ2v) is 6.50. The maximum Gasteiger partial charge on any atom is 0.344 e. The number of aryl methyl sites for hydroxylation is 1. The van der Waals surface area contributed by atoms with Crippen molar-refractivity contribution in [2.45, 2.75) is 33.3 Å². The lowest BCUT2D eigenvalue weighted by Crippen LogP contribution is -2.14. The van der Waals surface area contributed by atoms with Gasteiger partial charge in [0.05, 0.1) is 0 Å². The van der Waals surface area contributed by atoms with Gasteiger partial charge in [-0.2, -0.15) is 4.98 Å². The van der Waals surface area contributed by atoms with E-state index in [-0.39, 0.29) is 19.1 Å². The Balaban J connectivity index is 1.49. The molecule has 27 heavy (non-hydrogen) atoms. The summed E-state index contributed by atoms with van der Waals surface area (Å²) in [6.45, 7) is 5.94. The fourth-order valence-electron chi connectivity index (χ4n) is 2.52. The number of carbonyl (C=O) groups is 1. The highest BCUT2D eigenvalue weighted by Crippen LogP contribution is 2.20. The molecule has 3 rings (SSSR count). The van der Waals surface area contributed by atoms with Gasteiger partial charge in [0, 0.05) is 5.56 Å². The number of esters is 1. The van der Waals surface area contributed by atoms with Gasteiger partial charge in [0.1, 0.15) is 5.75 Å². The lowest BCUT2D eigenvalue weighted by molar-refractivity contribution is -0.148. The molecule has 0 unspecified atom stereocenters. The van der Waals surface area contributed by atoms with E-state index < -0.39 is 5.97 Å². The van der Waals surface area contributed by atoms with Crippen LogP contribution in [0.1, 0.15) is 36.8 Å². The summed E-state index contributed by atoms with van der Waals surface area (Å²) in [5.74, 6) is 1.28. The molecule has 0 saturated heterocycles. The molecule has 1 aromatic heterocycles. The molecule has 0 aliphatic carbocycles. The molecule has 3 aromatic rings. The Labute approximate surface area is 158 Å². The summed E-state index contributed by atoms with van der Waals surface area (Å²) in [6, 6.07) is 15.4. The molecule has 0 bridgehead atoms. The molecule has 6 heteroatoms. The fraction of sp³-hybridized carbons (Fsp3) is 0.286. The zero-order valence-corrected chi connectivity index (χ0v) is 15.6. The molecule has 0 fully saturated rings. The number of hydrogen-bond donors (Lipinski definition) is 0. The number of aromatic nitrogens is 2. The first-order valence-electron chi connectivity index (χ1n) is 8.80. The van der Waals surface area contributed by atoms with Crippen LogP contribution in [0.4, 0.5) is 0 Å². The summed E-state index contributed by atoms with van der Waals surface area (Å²) in [5, 5.41) is 3.93. The molecule has 0 radical (unpaired) electrons. The minimum absolute atomic E-state index is 0.0899. The van der Waals surface area contributed by atoms with Crippen molar-refractivity contribution in [1.82, 2.24) is 10.1 Å². The van der Waals surface area contributed by atoms with Crippen LogP contribution in [-0.2, 0) is 16.1 Å². The van der Waals surface area contributed by atoms with Crippen LogP contribution in [0, 0.1) is 6.92 Å². The fourth-order valence-corrected chi connectivity index (χ4v) is 2.52. The Bertz CT molecular complexity index is 901. The van der Waals surface area contributed by atoms with Gasteiger partial charge in [-0.25, -0.2) is 4.79 Å². The molecule has 0 amide bonds. The minimum atomic E-state index is -0.501. The molecule has 0 aliphatic heterocycles. The maximum absolute atomic E-state index is 11.9. The van der Waals surface area contributed by atoms with Crippen LogP contribution in [0.2, 0.25) is 0 Å². The van der Waals surface area contributed by atoms with E-state index in [1.165, 1.54) is 5.56 Å². The van der Waals surface area contributed by atoms with E-state index in [1.807, 2.05) is 55.5 Å². The summed E-state index contributed by atoms with van der Waals surface area (Å²) in [5.41, 5.74) is 3.14. The van der Waals surface area contributed by atoms with Crippen LogP contribution in [0.25, 0.3) is 11.4 Å². The highest BCUT2D eigenvalue weighted by molar-refractivity contribution is 5.71. The predicted octanol–water partition coefficient (Wildman–Crippen LogP) is 4.29. The maximum atomic E-state index is 11.9. The SMILES string of the molecule is Cc1ccccc1-c1noc(COC(=O)COc2ccc(C(C)C)cc2)n1. The topological polar surface area (TPSA) is 74.5 Å². The normalized spacial score (nSPS) is 10.8. The Morgan fingerprint density at radius 1 is 1.11 bits per heavy atom. The third-order valence-electron chi connectivity index (χ3n) is 4.11. The van der Waals surface area contributed by atoms with Gasteiger partial charge >= 0.3 is 5.97 Å². The van der Waals surface area contributed by atoms with E-state index in [4.69, 9.17) is 14.0 Å². The number of rotatable bonds is 7. The second-order valence-electron chi connectivity index (χ2n) is 6.50. The van der Waals surface area contributed by atoms with Crippen molar-refractivity contribution in [3.05, 3.63) is 65.5 Å². The third kappa shape index (κ3) is 4.94. The molecule has 0 saturated carbocycles. The lowest BCUT2D eigenvalue weighted by Gasteiger charge is -2.08. The van der Waals surface area contributed by atoms with Gasteiger partial charge in [0.2, 0.25) is 5.82 Å². The van der Waals surface area contributed by atoms with E-state index in [2.05, 4.69) is 24.0 Å². The molecular weight excluding hydrogens is 344 g/mol. The van der Waals surface area contributed by atoms with Gasteiger partial charge in [-0.15, -0.1) is 0 Å². The zero-order chi connectivity index (χ0) is 19.2. The van der Waals surface area contributed by atoms with Crippen LogP contribution in [-0.4, -0.2) is 22.7 Å². The summed E-state index contributed by atoms with van der Waals surface area (Å²) in [7, 11) is 0. The van der Waals surface area contributed by atoms with Crippen LogP contribution in [0.15, 0.2) is 53.1 Å². The Morgan fingerprint density at radius 2 is 1.85 bits per heavy atom. The zero-order valence-electron chi connectivity index (χ0n) is 15.6. The predicted molar refractivity (Wildman–Crippen MR) is 100 cm³/mol. The third-order valence-corrected chi connectivity index (χ3v) is 4.11. The number of carbonyl (C=O) groups excluding carboxylic acids is 1. The van der Waals surface area contributed by atoms with Crippen LogP contribution < -0.4 is 4.74 Å². The number of hydrogen-bond acceptors (Lipinski definition) is 6. The van der Waals surface area contributed by atoms with Crippen molar-refractivity contribution in [3.63, 3.8) is 0 Å². The molecule has 2 aromatic carbocycles. The van der Waals surface area contributed by atoms with Gasteiger partial charge in [0.15, 0.2) is 13.2 Å². The van der Waals surface area contributed by atoms with Crippen molar-refractivity contribution >= 4 is 5.97 Å². The summed E-state index contributed by atoms with van der Waals surface area (Å²) >= 11 is 0. The minimum Gasteiger partial charge on any atom is -0.482 e. The van der Waals surface area contributed by atoms with Gasteiger partial charge < -0.3 is 14.0 Å². The van der Waals surface area contributed by atoms with E-state index in [0.29, 0.717) is 17.5 Å². The largest absolute Gasteiger partial charge is 0.482 e. The smallest absolute Gasteiger partial charge is 0.344 e. The van der Waals surface area contributed by atoms with Gasteiger partial charge in [0.25, 0.3) is 5.89 Å². The van der Waals surface area contributed by atoms with E-state index >= 15 is 0 Å². The van der Waals surface area contributed by atoms with Crippen LogP contribution in [0.3, 0.4) is 0 Å². The monoisotopic (exact) mass is 366 g/mol. The van der Waals surface area contributed by atoms with Crippen molar-refractivity contribution in [2.24, 2.45) is 0 Å². The van der Waals surface area contributed by atoms with E-state index in [0.717, 1.165) is 11.1 Å². The van der Waals surface area contributed by atoms with E-state index in [1.54, 1.807) is 0 Å². The molecule has 0 N–H and O–H groups in total. The number of nitrogens with zero attached hydrogens (tertiary/aromatic N) is 2. The number of benzene rings is 2. The highest BCUT2D eigenvalue weighted by atomic mass is 16.6. The summed E-state index contributed by atoms with van der Waals surface area (Å²) in [6.07, 6.45) is 0. The number of ether oxygens (including phenoxy) is 2. The molecule has 6 nitrogen and oxygen atoms in total. The molecular formula is C21H22N2O4. The standard InChI is InChI=1S/C21H22N2O4/c1-14(2)16-8-10-17(11-9-16)25-13-20(24)26-12-19-22-21(23-27-19)18-7-5-4-6-15(18)3/h4-11,14H,12-13H2,1-3H3. The quantitative estimate of drug-likeness (QED) is 0.581. The van der Waals surface area contributed by atoms with Gasteiger partial charge in [-0.1, -0.05) is 55.4 Å². The first-order chi connectivity index (χ1) is 13.0. The van der Waals surface area contributed by atoms with Crippen molar-refractivity contribution in [1.29, 1.82) is 0 Å². The Hall–Kier alpha value is -3.15. The second kappa shape index (κ2) is 8.49. The molecule has 1 heterocycles. The van der Waals surface area contributed by atoms with Crippen molar-refractivity contribution in [2.75, 3.05) is 6.61 Å². The van der Waals surface area contributed by atoms with Gasteiger partial charge in [-0.05, 0) is 36.1 Å². The first kappa shape index (κ1) is 18.6. The summed E-state index contributed by atoms with van der Waals surface area (Å²) in [4.78, 5) is 16.1. The van der Waals surface area contributed by atoms with Crippen molar-refractivity contribution < 1.29 is 18.8 Å². The Morgan fingerprint density at radius 3 is 2.56 bits per heavy atom. The highest BCUT2D eigenvalue weighted by Gasteiger charge is 2.13. The molecule has 0 atom stereocenters. The van der Waals surface area contributed by atoms with Gasteiger partial charge in [-0.3, -0.25) is 0 Å². The molecule has 0 spiro atoms. The van der Waals surface area contributed by atoms with Crippen molar-refractivity contribution in [3.8, 4) is 17.1 Å². The Kier molecular flexibility index (Phi) is 5.86. The van der Waals surface area contributed by atoms with Crippen LogP contribution in [0.5, 0.6) is 5.75 Å². The first-order valence-corrected chi connectivity index (χ1v) is 8.80. The summed E-state index contributed by atoms with van der Waals surface area (Å²) < 4.78 is 15.7. The molecule has 140 valence electrons. The lowest BCUT2D eigenvalue weighted by atomic mass is 10.0. The average molecular weight is 366 g/mol. The molecule has 0 aliphatic rings. The van der Waals surface area contributed by atoms with Crippen LogP contribution >= 0.6 is 0 Å². The average Bonchev–Trinajstić information content (AvgIpc) is 3.14.